The third-order valence-electron chi connectivity index (χ3n) is 5.50. The van der Waals surface area contributed by atoms with E-state index >= 15 is 0 Å². The van der Waals surface area contributed by atoms with E-state index in [9.17, 15) is 4.79 Å². The fraction of sp³-hybridized carbons (Fsp3) is 0.950. The van der Waals surface area contributed by atoms with Crippen molar-refractivity contribution < 1.29 is 4.79 Å². The van der Waals surface area contributed by atoms with Crippen LogP contribution in [0.3, 0.4) is 0 Å². The topological polar surface area (TPSA) is 32.3 Å². The van der Waals surface area contributed by atoms with Gasteiger partial charge in [-0.1, -0.05) is 40.0 Å². The maximum atomic E-state index is 11.9. The first-order valence-corrected chi connectivity index (χ1v) is 10.0. The van der Waals surface area contributed by atoms with E-state index in [0.717, 1.165) is 19.0 Å². The molecule has 1 saturated heterocycles. The molecule has 1 atom stereocenters. The highest BCUT2D eigenvalue weighted by Gasteiger charge is 2.40. The van der Waals surface area contributed by atoms with Gasteiger partial charge in [0, 0.05) is 6.04 Å². The van der Waals surface area contributed by atoms with E-state index in [2.05, 4.69) is 17.1 Å². The monoisotopic (exact) mass is 324 g/mol. The van der Waals surface area contributed by atoms with Crippen LogP contribution < -0.4 is 5.32 Å². The van der Waals surface area contributed by atoms with Gasteiger partial charge in [0.25, 0.3) is 0 Å². The Morgan fingerprint density at radius 1 is 1.22 bits per heavy atom. The molecule has 3 nitrogen and oxygen atoms in total. The minimum Gasteiger partial charge on any atom is -0.353 e. The second-order valence-corrected chi connectivity index (χ2v) is 7.75. The maximum Gasteiger partial charge on any atom is 0.234 e. The molecule has 2 aliphatic rings. The molecule has 0 radical (unpaired) electrons. The molecule has 3 heteroatoms. The van der Waals surface area contributed by atoms with Crippen molar-refractivity contribution in [2.24, 2.45) is 11.3 Å². The summed E-state index contributed by atoms with van der Waals surface area (Å²) in [6, 6.07) is 0.253. The summed E-state index contributed by atoms with van der Waals surface area (Å²) in [6.45, 7) is 13.2. The second kappa shape index (κ2) is 10.3. The number of likely N-dealkylation sites (tertiary alicyclic amines) is 1. The number of hydrogen-bond donors (Lipinski definition) is 1. The highest BCUT2D eigenvalue weighted by Crippen LogP contribution is 2.50. The molecule has 136 valence electrons. The molecule has 0 bridgehead atoms. The van der Waals surface area contributed by atoms with Crippen molar-refractivity contribution in [3.8, 4) is 0 Å². The molecule has 1 saturated carbocycles. The zero-order chi connectivity index (χ0) is 17.3. The smallest absolute Gasteiger partial charge is 0.234 e. The molecule has 23 heavy (non-hydrogen) atoms. The van der Waals surface area contributed by atoms with Crippen molar-refractivity contribution in [3.05, 3.63) is 0 Å². The van der Waals surface area contributed by atoms with Crippen LogP contribution in [0.15, 0.2) is 0 Å². The van der Waals surface area contributed by atoms with Gasteiger partial charge in [-0.15, -0.1) is 0 Å². The number of nitrogens with zero attached hydrogens (tertiary/aromatic N) is 1. The highest BCUT2D eigenvalue weighted by atomic mass is 16.2. The van der Waals surface area contributed by atoms with Gasteiger partial charge in [-0.05, 0) is 70.4 Å². The number of carbonyl (C=O) groups is 1. The molecule has 1 aliphatic heterocycles. The predicted molar refractivity (Wildman–Crippen MR) is 99.6 cm³/mol. The zero-order valence-electron chi connectivity index (χ0n) is 16.3. The number of nitrogens with one attached hydrogen (secondary N) is 1. The Bertz CT molecular complexity index is 333. The Labute approximate surface area is 144 Å². The Balaban J connectivity index is 0.00000127. The summed E-state index contributed by atoms with van der Waals surface area (Å²) in [7, 11) is 0. The van der Waals surface area contributed by atoms with Crippen LogP contribution in [0, 0.1) is 11.3 Å². The molecule has 0 aromatic carbocycles. The maximum absolute atomic E-state index is 11.9. The van der Waals surface area contributed by atoms with Gasteiger partial charge in [0.05, 0.1) is 6.54 Å². The SMILES string of the molecule is CC.CCCCC1CCC2(CCN(CC(=O)NC(C)C)CC2)C1. The van der Waals surface area contributed by atoms with Crippen LogP contribution in [0.5, 0.6) is 0 Å². The van der Waals surface area contributed by atoms with Crippen LogP contribution in [-0.4, -0.2) is 36.5 Å². The van der Waals surface area contributed by atoms with Crippen LogP contribution >= 0.6 is 0 Å². The zero-order valence-corrected chi connectivity index (χ0v) is 16.3. The van der Waals surface area contributed by atoms with Gasteiger partial charge in [0.2, 0.25) is 5.91 Å². The summed E-state index contributed by atoms with van der Waals surface area (Å²) < 4.78 is 0. The number of piperidine rings is 1. The number of carbonyl (C=O) groups excluding carboxylic acids is 1. The summed E-state index contributed by atoms with van der Waals surface area (Å²) >= 11 is 0. The molecule has 0 aromatic rings. The van der Waals surface area contributed by atoms with Crippen LogP contribution in [0.4, 0.5) is 0 Å². The number of hydrogen-bond acceptors (Lipinski definition) is 2. The van der Waals surface area contributed by atoms with Crippen molar-refractivity contribution in [2.45, 2.75) is 92.0 Å². The van der Waals surface area contributed by atoms with E-state index in [1.807, 2.05) is 27.7 Å². The summed E-state index contributed by atoms with van der Waals surface area (Å²) in [6.07, 6.45) is 11.2. The molecule has 1 aliphatic carbocycles. The van der Waals surface area contributed by atoms with Gasteiger partial charge in [-0.3, -0.25) is 9.69 Å². The quantitative estimate of drug-likeness (QED) is 0.774. The molecule has 2 fully saturated rings. The molecule has 1 amide bonds. The normalized spacial score (nSPS) is 23.7. The Hall–Kier alpha value is -0.570. The standard InChI is InChI=1S/C18H34N2O.C2H6/c1-4-5-6-16-7-8-18(13-16)9-11-20(12-10-18)14-17(21)19-15(2)3;1-2/h15-16H,4-14H2,1-3H3,(H,19,21);1-2H3. The first kappa shape index (κ1) is 20.5. The average molecular weight is 325 g/mol. The molecule has 0 aromatic heterocycles. The summed E-state index contributed by atoms with van der Waals surface area (Å²) in [5.41, 5.74) is 0.628. The van der Waals surface area contributed by atoms with Crippen molar-refractivity contribution in [1.29, 1.82) is 0 Å². The van der Waals surface area contributed by atoms with E-state index < -0.39 is 0 Å². The largest absolute Gasteiger partial charge is 0.353 e. The lowest BCUT2D eigenvalue weighted by Gasteiger charge is -2.39. The predicted octanol–water partition coefficient (Wildman–Crippen LogP) is 4.61. The van der Waals surface area contributed by atoms with Crippen molar-refractivity contribution in [2.75, 3.05) is 19.6 Å². The first-order chi connectivity index (χ1) is 11.0. The highest BCUT2D eigenvalue weighted by molar-refractivity contribution is 5.78. The van der Waals surface area contributed by atoms with E-state index in [1.54, 1.807) is 0 Å². The minimum atomic E-state index is 0.188. The average Bonchev–Trinajstić information content (AvgIpc) is 2.92. The van der Waals surface area contributed by atoms with Crippen LogP contribution in [-0.2, 0) is 4.79 Å². The van der Waals surface area contributed by atoms with Gasteiger partial charge < -0.3 is 5.32 Å². The Morgan fingerprint density at radius 2 is 1.87 bits per heavy atom. The van der Waals surface area contributed by atoms with E-state index in [4.69, 9.17) is 0 Å². The molecule has 2 rings (SSSR count). The third-order valence-corrected chi connectivity index (χ3v) is 5.50. The van der Waals surface area contributed by atoms with Gasteiger partial charge in [0.1, 0.15) is 0 Å². The van der Waals surface area contributed by atoms with Crippen LogP contribution in [0.1, 0.15) is 86.0 Å². The fourth-order valence-electron chi connectivity index (χ4n) is 4.28. The van der Waals surface area contributed by atoms with E-state index in [1.165, 1.54) is 51.4 Å². The number of rotatable bonds is 6. The first-order valence-electron chi connectivity index (χ1n) is 10.0. The molecular formula is C20H40N2O. The third kappa shape index (κ3) is 6.82. The lowest BCUT2D eigenvalue weighted by atomic mass is 9.76. The minimum absolute atomic E-state index is 0.188. The van der Waals surface area contributed by atoms with Gasteiger partial charge in [-0.2, -0.15) is 0 Å². The molecule has 1 unspecified atom stereocenters. The van der Waals surface area contributed by atoms with Crippen molar-refractivity contribution in [3.63, 3.8) is 0 Å². The molecular weight excluding hydrogens is 284 g/mol. The summed E-state index contributed by atoms with van der Waals surface area (Å²) in [5, 5.41) is 3.00. The Morgan fingerprint density at radius 3 is 2.43 bits per heavy atom. The van der Waals surface area contributed by atoms with Gasteiger partial charge in [-0.25, -0.2) is 0 Å². The van der Waals surface area contributed by atoms with Crippen LogP contribution in [0.2, 0.25) is 0 Å². The summed E-state index contributed by atoms with van der Waals surface area (Å²) in [5.74, 6) is 1.17. The fourth-order valence-corrected chi connectivity index (χ4v) is 4.28. The van der Waals surface area contributed by atoms with Crippen LogP contribution in [0.25, 0.3) is 0 Å². The summed E-state index contributed by atoms with van der Waals surface area (Å²) in [4.78, 5) is 14.2. The van der Waals surface area contributed by atoms with Crippen molar-refractivity contribution >= 4 is 5.91 Å². The number of amides is 1. The number of unbranched alkanes of at least 4 members (excludes halogenated alkanes) is 1. The lowest BCUT2D eigenvalue weighted by molar-refractivity contribution is -0.123. The molecule has 1 N–H and O–H groups in total. The van der Waals surface area contributed by atoms with E-state index in [-0.39, 0.29) is 11.9 Å². The molecule has 1 heterocycles. The van der Waals surface area contributed by atoms with Crippen molar-refractivity contribution in [1.82, 2.24) is 10.2 Å². The molecule has 1 spiro atoms. The van der Waals surface area contributed by atoms with Gasteiger partial charge in [0.15, 0.2) is 0 Å². The lowest BCUT2D eigenvalue weighted by Crippen LogP contribution is -2.45. The second-order valence-electron chi connectivity index (χ2n) is 7.75. The van der Waals surface area contributed by atoms with Gasteiger partial charge >= 0.3 is 0 Å². The van der Waals surface area contributed by atoms with E-state index in [0.29, 0.717) is 12.0 Å². The Kier molecular flexibility index (Phi) is 9.19.